The van der Waals surface area contributed by atoms with E-state index in [0.717, 1.165) is 5.69 Å². The van der Waals surface area contributed by atoms with Crippen molar-refractivity contribution in [2.45, 2.75) is 0 Å². The summed E-state index contributed by atoms with van der Waals surface area (Å²) in [6, 6.07) is 13.7. The molecule has 4 rings (SSSR count). The predicted molar refractivity (Wildman–Crippen MR) is 113 cm³/mol. The lowest BCUT2D eigenvalue weighted by molar-refractivity contribution is -0.115. The van der Waals surface area contributed by atoms with Gasteiger partial charge in [0.15, 0.2) is 0 Å². The van der Waals surface area contributed by atoms with Crippen molar-refractivity contribution in [3.05, 3.63) is 76.8 Å². The number of hydrogen-bond acceptors (Lipinski definition) is 5. The van der Waals surface area contributed by atoms with Crippen LogP contribution in [0.2, 0.25) is 0 Å². The molecule has 1 aliphatic heterocycles. The highest BCUT2D eigenvalue weighted by Gasteiger charge is 2.27. The first kappa shape index (κ1) is 18.6. The van der Waals surface area contributed by atoms with Crippen LogP contribution in [-0.2, 0) is 9.59 Å². The van der Waals surface area contributed by atoms with E-state index in [1.165, 1.54) is 22.3 Å². The summed E-state index contributed by atoms with van der Waals surface area (Å²) in [7, 11) is 0. The standard InChI is InChI=1S/C21H16N4O3S/c26-19(10-9-16-12-29-13-22-16)23-15-7-5-14(6-8-15)21(28)25-11-20(27)24-17-3-1-2-4-18(17)25/h1-10,12-13H,11H2,(H,23,26)(H,24,27)/b10-9+. The largest absolute Gasteiger partial charge is 0.323 e. The van der Waals surface area contributed by atoms with Gasteiger partial charge in [0.1, 0.15) is 6.54 Å². The first-order valence-electron chi connectivity index (χ1n) is 8.78. The zero-order chi connectivity index (χ0) is 20.2. The van der Waals surface area contributed by atoms with Crippen LogP contribution in [0.5, 0.6) is 0 Å². The number of carbonyl (C=O) groups is 3. The first-order valence-corrected chi connectivity index (χ1v) is 9.72. The van der Waals surface area contributed by atoms with E-state index < -0.39 is 0 Å². The van der Waals surface area contributed by atoms with Crippen molar-refractivity contribution >= 4 is 52.2 Å². The monoisotopic (exact) mass is 404 g/mol. The average Bonchev–Trinajstić information content (AvgIpc) is 3.25. The molecule has 0 fully saturated rings. The number of aromatic nitrogens is 1. The summed E-state index contributed by atoms with van der Waals surface area (Å²) < 4.78 is 0. The fraction of sp³-hybridized carbons (Fsp3) is 0.0476. The molecule has 144 valence electrons. The average molecular weight is 404 g/mol. The molecule has 3 aromatic rings. The summed E-state index contributed by atoms with van der Waals surface area (Å²) in [6.07, 6.45) is 3.03. The van der Waals surface area contributed by atoms with E-state index in [1.807, 2.05) is 11.4 Å². The molecule has 2 heterocycles. The van der Waals surface area contributed by atoms with Gasteiger partial charge < -0.3 is 10.6 Å². The summed E-state index contributed by atoms with van der Waals surface area (Å²) in [5.74, 6) is -0.819. The molecule has 29 heavy (non-hydrogen) atoms. The quantitative estimate of drug-likeness (QED) is 0.652. The Bertz CT molecular complexity index is 1090. The van der Waals surface area contributed by atoms with E-state index in [-0.39, 0.29) is 24.3 Å². The SMILES string of the molecule is O=C(/C=C/c1cscn1)Nc1ccc(C(=O)N2CC(=O)Nc3ccccc32)cc1. The Morgan fingerprint density at radius 2 is 1.93 bits per heavy atom. The maximum absolute atomic E-state index is 12.9. The number of thiazole rings is 1. The highest BCUT2D eigenvalue weighted by molar-refractivity contribution is 7.07. The molecule has 0 atom stereocenters. The van der Waals surface area contributed by atoms with Crippen molar-refractivity contribution in [3.8, 4) is 0 Å². The molecule has 1 aromatic heterocycles. The van der Waals surface area contributed by atoms with E-state index in [0.29, 0.717) is 22.6 Å². The molecule has 0 aliphatic carbocycles. The summed E-state index contributed by atoms with van der Waals surface area (Å²) >= 11 is 1.45. The molecule has 0 radical (unpaired) electrons. The Kier molecular flexibility index (Phi) is 5.17. The fourth-order valence-electron chi connectivity index (χ4n) is 2.92. The summed E-state index contributed by atoms with van der Waals surface area (Å²) in [4.78, 5) is 42.4. The molecular weight excluding hydrogens is 388 g/mol. The number of fused-ring (bicyclic) bond motifs is 1. The van der Waals surface area contributed by atoms with Gasteiger partial charge in [0.05, 0.1) is 22.6 Å². The smallest absolute Gasteiger partial charge is 0.258 e. The molecular formula is C21H16N4O3S. The molecule has 0 saturated carbocycles. The van der Waals surface area contributed by atoms with Gasteiger partial charge >= 0.3 is 0 Å². The molecule has 7 nitrogen and oxygen atoms in total. The Balaban J connectivity index is 1.46. The van der Waals surface area contributed by atoms with Gasteiger partial charge in [0.2, 0.25) is 11.8 Å². The number of anilines is 3. The Hall–Kier alpha value is -3.78. The highest BCUT2D eigenvalue weighted by Crippen LogP contribution is 2.30. The Morgan fingerprint density at radius 1 is 1.14 bits per heavy atom. The maximum atomic E-state index is 12.9. The van der Waals surface area contributed by atoms with Crippen LogP contribution >= 0.6 is 11.3 Å². The molecule has 0 saturated heterocycles. The van der Waals surface area contributed by atoms with Gasteiger partial charge in [-0.25, -0.2) is 4.98 Å². The summed E-state index contributed by atoms with van der Waals surface area (Å²) in [6.45, 7) is -0.0459. The fourth-order valence-corrected chi connectivity index (χ4v) is 3.44. The summed E-state index contributed by atoms with van der Waals surface area (Å²) in [5, 5.41) is 7.33. The number of amides is 3. The predicted octanol–water partition coefficient (Wildman–Crippen LogP) is 3.39. The minimum atomic E-state index is -0.293. The molecule has 2 N–H and O–H groups in total. The zero-order valence-corrected chi connectivity index (χ0v) is 16.0. The molecule has 8 heteroatoms. The maximum Gasteiger partial charge on any atom is 0.258 e. The lowest BCUT2D eigenvalue weighted by Gasteiger charge is -2.29. The molecule has 0 bridgehead atoms. The molecule has 3 amide bonds. The van der Waals surface area contributed by atoms with Crippen molar-refractivity contribution in [2.24, 2.45) is 0 Å². The van der Waals surface area contributed by atoms with Crippen LogP contribution < -0.4 is 15.5 Å². The van der Waals surface area contributed by atoms with Crippen LogP contribution in [0.15, 0.2) is 65.5 Å². The van der Waals surface area contributed by atoms with Crippen LogP contribution in [0.4, 0.5) is 17.1 Å². The van der Waals surface area contributed by atoms with Crippen LogP contribution in [-0.4, -0.2) is 29.3 Å². The van der Waals surface area contributed by atoms with Crippen molar-refractivity contribution < 1.29 is 14.4 Å². The van der Waals surface area contributed by atoms with E-state index in [4.69, 9.17) is 0 Å². The number of nitrogens with zero attached hydrogens (tertiary/aromatic N) is 2. The van der Waals surface area contributed by atoms with E-state index >= 15 is 0 Å². The van der Waals surface area contributed by atoms with Gasteiger partial charge in [0, 0.05) is 22.7 Å². The van der Waals surface area contributed by atoms with Gasteiger partial charge in [-0.05, 0) is 42.5 Å². The second-order valence-electron chi connectivity index (χ2n) is 6.27. The van der Waals surface area contributed by atoms with Crippen LogP contribution in [0.25, 0.3) is 6.08 Å². The lowest BCUT2D eigenvalue weighted by Crippen LogP contribution is -2.42. The Morgan fingerprint density at radius 3 is 2.69 bits per heavy atom. The molecule has 0 spiro atoms. The molecule has 0 unspecified atom stereocenters. The first-order chi connectivity index (χ1) is 14.1. The normalized spacial score (nSPS) is 13.1. The number of carbonyl (C=O) groups excluding carboxylic acids is 3. The molecule has 1 aliphatic rings. The number of hydrogen-bond donors (Lipinski definition) is 2. The third kappa shape index (κ3) is 4.22. The van der Waals surface area contributed by atoms with Crippen LogP contribution in [0, 0.1) is 0 Å². The lowest BCUT2D eigenvalue weighted by atomic mass is 10.1. The van der Waals surface area contributed by atoms with Gasteiger partial charge in [-0.15, -0.1) is 11.3 Å². The van der Waals surface area contributed by atoms with Crippen molar-refractivity contribution in [1.82, 2.24) is 4.98 Å². The number of para-hydroxylation sites is 2. The number of rotatable bonds is 4. The number of nitrogens with one attached hydrogen (secondary N) is 2. The second-order valence-corrected chi connectivity index (χ2v) is 6.99. The second kappa shape index (κ2) is 8.07. The van der Waals surface area contributed by atoms with Gasteiger partial charge in [-0.1, -0.05) is 12.1 Å². The zero-order valence-electron chi connectivity index (χ0n) is 15.2. The van der Waals surface area contributed by atoms with Gasteiger partial charge in [0.25, 0.3) is 5.91 Å². The molecule has 2 aromatic carbocycles. The number of benzene rings is 2. The Labute approximate surface area is 170 Å². The highest BCUT2D eigenvalue weighted by atomic mass is 32.1. The van der Waals surface area contributed by atoms with Crippen LogP contribution in [0.1, 0.15) is 16.1 Å². The van der Waals surface area contributed by atoms with Crippen molar-refractivity contribution in [3.63, 3.8) is 0 Å². The minimum Gasteiger partial charge on any atom is -0.323 e. The summed E-state index contributed by atoms with van der Waals surface area (Å²) in [5.41, 5.74) is 4.65. The van der Waals surface area contributed by atoms with Crippen molar-refractivity contribution in [1.29, 1.82) is 0 Å². The third-order valence-electron chi connectivity index (χ3n) is 4.27. The van der Waals surface area contributed by atoms with Gasteiger partial charge in [-0.3, -0.25) is 19.3 Å². The van der Waals surface area contributed by atoms with E-state index in [2.05, 4.69) is 15.6 Å². The van der Waals surface area contributed by atoms with Gasteiger partial charge in [-0.2, -0.15) is 0 Å². The topological polar surface area (TPSA) is 91.4 Å². The van der Waals surface area contributed by atoms with E-state index in [1.54, 1.807) is 54.1 Å². The van der Waals surface area contributed by atoms with Crippen LogP contribution in [0.3, 0.4) is 0 Å². The minimum absolute atomic E-state index is 0.0459. The van der Waals surface area contributed by atoms with Crippen molar-refractivity contribution in [2.75, 3.05) is 22.1 Å². The third-order valence-corrected chi connectivity index (χ3v) is 4.88. The van der Waals surface area contributed by atoms with E-state index in [9.17, 15) is 14.4 Å².